The van der Waals surface area contributed by atoms with Gasteiger partial charge in [-0.2, -0.15) is 0 Å². The average molecular weight is 463 g/mol. The smallest absolute Gasteiger partial charge is 0.245 e. The fourth-order valence-electron chi connectivity index (χ4n) is 3.63. The molecule has 0 aliphatic carbocycles. The second-order valence-corrected chi connectivity index (χ2v) is 9.91. The van der Waals surface area contributed by atoms with Crippen molar-refractivity contribution in [3.8, 4) is 0 Å². The molecular weight excluding hydrogens is 436 g/mol. The molecule has 1 heterocycles. The van der Waals surface area contributed by atoms with Gasteiger partial charge in [0.1, 0.15) is 0 Å². The van der Waals surface area contributed by atoms with Crippen molar-refractivity contribution >= 4 is 52.4 Å². The summed E-state index contributed by atoms with van der Waals surface area (Å²) in [6, 6.07) is 23.9. The first-order valence-electron chi connectivity index (χ1n) is 10.9. The van der Waals surface area contributed by atoms with Crippen LogP contribution in [-0.4, -0.2) is 17.1 Å². The van der Waals surface area contributed by atoms with E-state index in [0.29, 0.717) is 12.8 Å². The quantitative estimate of drug-likeness (QED) is 0.380. The molecule has 32 heavy (non-hydrogen) atoms. The predicted molar refractivity (Wildman–Crippen MR) is 134 cm³/mol. The number of thioether (sulfide) groups is 1. The monoisotopic (exact) mass is 462 g/mol. The Morgan fingerprint density at radius 2 is 1.50 bits per heavy atom. The topological polar surface area (TPSA) is 49.4 Å². The van der Waals surface area contributed by atoms with Crippen LogP contribution in [0.1, 0.15) is 33.1 Å². The Bertz CT molecular complexity index is 1070. The Morgan fingerprint density at radius 1 is 0.906 bits per heavy atom. The van der Waals surface area contributed by atoms with Gasteiger partial charge in [-0.15, -0.1) is 11.8 Å². The van der Waals surface area contributed by atoms with E-state index in [-0.39, 0.29) is 17.1 Å². The van der Waals surface area contributed by atoms with Gasteiger partial charge in [-0.05, 0) is 61.4 Å². The van der Waals surface area contributed by atoms with Gasteiger partial charge in [0.15, 0.2) is 0 Å². The lowest BCUT2D eigenvalue weighted by molar-refractivity contribution is -0.117. The van der Waals surface area contributed by atoms with E-state index < -0.39 is 0 Å². The maximum atomic E-state index is 13.8. The molecule has 1 unspecified atom stereocenters. The number of benzene rings is 3. The van der Waals surface area contributed by atoms with Crippen molar-refractivity contribution in [1.29, 1.82) is 0 Å². The van der Waals surface area contributed by atoms with Crippen LogP contribution < -0.4 is 10.2 Å². The first-order chi connectivity index (χ1) is 15.6. The number of nitrogens with one attached hydrogen (secondary N) is 1. The molecule has 0 saturated carbocycles. The van der Waals surface area contributed by atoms with Crippen LogP contribution in [0.2, 0.25) is 0 Å². The number of anilines is 3. The summed E-state index contributed by atoms with van der Waals surface area (Å²) >= 11 is 3.27. The third-order valence-electron chi connectivity index (χ3n) is 5.19. The highest BCUT2D eigenvalue weighted by molar-refractivity contribution is 8.00. The number of fused-ring (bicyclic) bond motifs is 2. The number of hydrogen-bond donors (Lipinski definition) is 1. The molecule has 3 aromatic carbocycles. The molecule has 1 N–H and O–H groups in total. The lowest BCUT2D eigenvalue weighted by Gasteiger charge is -2.33. The second kappa shape index (κ2) is 10.3. The van der Waals surface area contributed by atoms with Crippen LogP contribution in [0.5, 0.6) is 0 Å². The van der Waals surface area contributed by atoms with Crippen molar-refractivity contribution in [1.82, 2.24) is 0 Å². The third-order valence-corrected chi connectivity index (χ3v) is 7.69. The predicted octanol–water partition coefficient (Wildman–Crippen LogP) is 7.13. The zero-order valence-corrected chi connectivity index (χ0v) is 19.8. The summed E-state index contributed by atoms with van der Waals surface area (Å²) in [7, 11) is 0. The number of nitrogens with zero attached hydrogens (tertiary/aromatic N) is 1. The fourth-order valence-corrected chi connectivity index (χ4v) is 5.68. The third kappa shape index (κ3) is 4.87. The van der Waals surface area contributed by atoms with Crippen molar-refractivity contribution in [2.24, 2.45) is 0 Å². The number of para-hydroxylation sites is 2. The minimum absolute atomic E-state index is 0.0230. The Balaban J connectivity index is 1.56. The summed E-state index contributed by atoms with van der Waals surface area (Å²) in [6.45, 7) is 4.03. The first kappa shape index (κ1) is 22.5. The van der Waals surface area contributed by atoms with Crippen LogP contribution >= 0.6 is 23.5 Å². The molecule has 2 amide bonds. The second-order valence-electron chi connectivity index (χ2n) is 7.55. The normalized spacial score (nSPS) is 13.1. The van der Waals surface area contributed by atoms with Crippen molar-refractivity contribution in [3.05, 3.63) is 72.8 Å². The van der Waals surface area contributed by atoms with E-state index in [9.17, 15) is 9.59 Å². The van der Waals surface area contributed by atoms with Gasteiger partial charge in [-0.1, -0.05) is 49.9 Å². The van der Waals surface area contributed by atoms with Gasteiger partial charge < -0.3 is 5.32 Å². The molecule has 1 aliphatic heterocycles. The van der Waals surface area contributed by atoms with Gasteiger partial charge in [-0.25, -0.2) is 0 Å². The maximum Gasteiger partial charge on any atom is 0.245 e. The fraction of sp³-hybridized carbons (Fsp3) is 0.231. The zero-order chi connectivity index (χ0) is 22.5. The minimum atomic E-state index is -0.222. The van der Waals surface area contributed by atoms with Crippen molar-refractivity contribution in [3.63, 3.8) is 0 Å². The Hall–Kier alpha value is -2.70. The summed E-state index contributed by atoms with van der Waals surface area (Å²) in [5, 5.41) is 2.69. The Morgan fingerprint density at radius 3 is 2.06 bits per heavy atom. The molecule has 1 atom stereocenters. The number of rotatable bonds is 7. The summed E-state index contributed by atoms with van der Waals surface area (Å²) in [5.74, 6) is 0.104. The Kier molecular flexibility index (Phi) is 7.22. The van der Waals surface area contributed by atoms with E-state index in [2.05, 4.69) is 17.4 Å². The lowest BCUT2D eigenvalue weighted by atomic mass is 10.2. The molecule has 6 heteroatoms. The first-order valence-corrected chi connectivity index (χ1v) is 12.6. The van der Waals surface area contributed by atoms with Crippen LogP contribution in [0.15, 0.2) is 87.5 Å². The van der Waals surface area contributed by atoms with Crippen LogP contribution in [0, 0.1) is 0 Å². The van der Waals surface area contributed by atoms with Crippen LogP contribution in [0.3, 0.4) is 0 Å². The van der Waals surface area contributed by atoms with Gasteiger partial charge in [-0.3, -0.25) is 14.5 Å². The molecule has 4 nitrogen and oxygen atoms in total. The highest BCUT2D eigenvalue weighted by Gasteiger charge is 2.32. The number of carbonyl (C=O) groups is 2. The summed E-state index contributed by atoms with van der Waals surface area (Å²) in [5.41, 5.74) is 2.66. The van der Waals surface area contributed by atoms with Crippen LogP contribution in [0.25, 0.3) is 0 Å². The average Bonchev–Trinajstić information content (AvgIpc) is 2.81. The molecular formula is C26H26N2O2S2. The van der Waals surface area contributed by atoms with E-state index in [4.69, 9.17) is 0 Å². The van der Waals surface area contributed by atoms with E-state index in [0.717, 1.165) is 38.2 Å². The highest BCUT2D eigenvalue weighted by atomic mass is 32.2. The maximum absolute atomic E-state index is 13.8. The SMILES string of the molecule is CCCC(=O)Nc1ccc(SC(CC)C(=O)N2c3ccccc3Sc3ccccc32)cc1. The zero-order valence-electron chi connectivity index (χ0n) is 18.2. The Labute approximate surface area is 197 Å². The van der Waals surface area contributed by atoms with Crippen molar-refractivity contribution < 1.29 is 9.59 Å². The molecule has 0 saturated heterocycles. The van der Waals surface area contributed by atoms with Crippen molar-refractivity contribution in [2.45, 2.75) is 53.0 Å². The molecule has 4 rings (SSSR count). The summed E-state index contributed by atoms with van der Waals surface area (Å²) in [4.78, 5) is 30.7. The number of amides is 2. The van der Waals surface area contributed by atoms with E-state index >= 15 is 0 Å². The highest BCUT2D eigenvalue weighted by Crippen LogP contribution is 2.48. The molecule has 164 valence electrons. The van der Waals surface area contributed by atoms with Gasteiger partial charge in [0.05, 0.1) is 16.6 Å². The summed E-state index contributed by atoms with van der Waals surface area (Å²) < 4.78 is 0. The molecule has 3 aromatic rings. The minimum Gasteiger partial charge on any atom is -0.326 e. The summed E-state index contributed by atoms with van der Waals surface area (Å²) in [6.07, 6.45) is 2.05. The molecule has 0 spiro atoms. The van der Waals surface area contributed by atoms with E-state index in [1.165, 1.54) is 0 Å². The van der Waals surface area contributed by atoms with Gasteiger partial charge >= 0.3 is 0 Å². The van der Waals surface area contributed by atoms with Gasteiger partial charge in [0, 0.05) is 26.8 Å². The largest absolute Gasteiger partial charge is 0.326 e. The van der Waals surface area contributed by atoms with Gasteiger partial charge in [0.2, 0.25) is 11.8 Å². The van der Waals surface area contributed by atoms with E-state index in [1.54, 1.807) is 23.5 Å². The van der Waals surface area contributed by atoms with Gasteiger partial charge in [0.25, 0.3) is 0 Å². The molecule has 0 aromatic heterocycles. The molecule has 1 aliphatic rings. The number of hydrogen-bond acceptors (Lipinski definition) is 4. The molecule has 0 bridgehead atoms. The lowest BCUT2D eigenvalue weighted by Crippen LogP contribution is -2.35. The molecule has 0 fully saturated rings. The van der Waals surface area contributed by atoms with E-state index in [1.807, 2.05) is 79.4 Å². The van der Waals surface area contributed by atoms with Crippen molar-refractivity contribution in [2.75, 3.05) is 10.2 Å². The molecule has 0 radical (unpaired) electrons. The number of carbonyl (C=O) groups excluding carboxylic acids is 2. The van der Waals surface area contributed by atoms with Crippen LogP contribution in [0.4, 0.5) is 17.1 Å². The van der Waals surface area contributed by atoms with Crippen LogP contribution in [-0.2, 0) is 9.59 Å². The standard InChI is InChI=1S/C26H26N2O2S2/c1-3-9-25(29)27-18-14-16-19(17-15-18)31-22(4-2)26(30)28-20-10-5-7-12-23(20)32-24-13-8-6-11-21(24)28/h5-8,10-17,22H,3-4,9H2,1-2H3,(H,27,29).